The van der Waals surface area contributed by atoms with Crippen LogP contribution in [0.3, 0.4) is 0 Å². The van der Waals surface area contributed by atoms with Gasteiger partial charge in [0, 0.05) is 12.3 Å². The summed E-state index contributed by atoms with van der Waals surface area (Å²) in [5, 5.41) is 2.68. The molecule has 1 heterocycles. The number of aromatic nitrogens is 1. The molecule has 0 fully saturated rings. The largest absolute Gasteiger partial charge is 0.417 e. The molecule has 0 saturated carbocycles. The van der Waals surface area contributed by atoms with Crippen LogP contribution in [-0.4, -0.2) is 31.5 Å². The van der Waals surface area contributed by atoms with E-state index >= 15 is 0 Å². The molecule has 2 rings (SSSR count). The molecule has 6 nitrogen and oxygen atoms in total. The number of nitrogens with one attached hydrogen (secondary N) is 2. The van der Waals surface area contributed by atoms with Crippen molar-refractivity contribution in [3.8, 4) is 0 Å². The summed E-state index contributed by atoms with van der Waals surface area (Å²) < 4.78 is 28.8. The van der Waals surface area contributed by atoms with Crippen molar-refractivity contribution < 1.29 is 12.8 Å². The molecule has 2 unspecified atom stereocenters. The van der Waals surface area contributed by atoms with Crippen molar-refractivity contribution in [1.29, 1.82) is 0 Å². The molecule has 21 heavy (non-hydrogen) atoms. The number of H-pyrrole nitrogens is 1. The van der Waals surface area contributed by atoms with E-state index in [2.05, 4.69) is 10.3 Å². The van der Waals surface area contributed by atoms with Gasteiger partial charge in [-0.3, -0.25) is 4.98 Å². The predicted molar refractivity (Wildman–Crippen MR) is 82.2 cm³/mol. The molecule has 0 aliphatic heterocycles. The van der Waals surface area contributed by atoms with Crippen molar-refractivity contribution in [2.45, 2.75) is 31.6 Å². The van der Waals surface area contributed by atoms with Crippen LogP contribution in [0.2, 0.25) is 0 Å². The number of fused-ring (bicyclic) bond motifs is 1. The first-order valence-electron chi connectivity index (χ1n) is 6.88. The second-order valence-corrected chi connectivity index (χ2v) is 7.64. The van der Waals surface area contributed by atoms with Gasteiger partial charge in [-0.05, 0) is 37.6 Å². The fourth-order valence-electron chi connectivity index (χ4n) is 2.26. The summed E-state index contributed by atoms with van der Waals surface area (Å²) in [6.07, 6.45) is 2.13. The summed E-state index contributed by atoms with van der Waals surface area (Å²) in [6.45, 7) is 4.41. The molecule has 1 aromatic carbocycles. The lowest BCUT2D eigenvalue weighted by Gasteiger charge is -2.24. The monoisotopic (exact) mass is 312 g/mol. The van der Waals surface area contributed by atoms with E-state index in [1.54, 1.807) is 19.1 Å². The lowest BCUT2D eigenvalue weighted by molar-refractivity contribution is 0.499. The first kappa shape index (κ1) is 15.8. The van der Waals surface area contributed by atoms with Crippen molar-refractivity contribution in [2.24, 2.45) is 0 Å². The zero-order chi connectivity index (χ0) is 15.6. The Bertz CT molecular complexity index is 776. The van der Waals surface area contributed by atoms with Crippen LogP contribution in [0.4, 0.5) is 0 Å². The van der Waals surface area contributed by atoms with E-state index in [9.17, 15) is 13.2 Å². The van der Waals surface area contributed by atoms with E-state index < -0.39 is 20.8 Å². The Morgan fingerprint density at radius 1 is 1.38 bits per heavy atom. The van der Waals surface area contributed by atoms with Gasteiger partial charge in [-0.15, -0.1) is 0 Å². The molecule has 0 aliphatic carbocycles. The molecule has 116 valence electrons. The van der Waals surface area contributed by atoms with Gasteiger partial charge >= 0.3 is 5.76 Å². The average molecular weight is 312 g/mol. The van der Waals surface area contributed by atoms with Gasteiger partial charge in [0.05, 0.1) is 10.8 Å². The lowest BCUT2D eigenvalue weighted by Crippen LogP contribution is -2.35. The highest BCUT2D eigenvalue weighted by Crippen LogP contribution is 2.24. The van der Waals surface area contributed by atoms with Gasteiger partial charge in [0.25, 0.3) is 0 Å². The van der Waals surface area contributed by atoms with Gasteiger partial charge in [-0.1, -0.05) is 13.0 Å². The fourth-order valence-corrected chi connectivity index (χ4v) is 3.01. The van der Waals surface area contributed by atoms with Crippen LogP contribution in [0, 0.1) is 0 Å². The molecule has 2 N–H and O–H groups in total. The van der Waals surface area contributed by atoms with Gasteiger partial charge in [0.2, 0.25) is 0 Å². The van der Waals surface area contributed by atoms with Crippen LogP contribution in [0.15, 0.2) is 27.4 Å². The number of hydrogen-bond acceptors (Lipinski definition) is 5. The molecule has 0 saturated heterocycles. The minimum absolute atomic E-state index is 0.343. The fraction of sp³-hybridized carbons (Fsp3) is 0.500. The second kappa shape index (κ2) is 6.03. The Morgan fingerprint density at radius 2 is 2.10 bits per heavy atom. The lowest BCUT2D eigenvalue weighted by atomic mass is 10.0. The molecular weight excluding hydrogens is 292 g/mol. The van der Waals surface area contributed by atoms with Crippen molar-refractivity contribution >= 4 is 20.9 Å². The summed E-state index contributed by atoms with van der Waals surface area (Å²) in [5.41, 5.74) is 1.82. The van der Waals surface area contributed by atoms with Gasteiger partial charge in [0.1, 0.15) is 0 Å². The van der Waals surface area contributed by atoms with E-state index in [4.69, 9.17) is 4.42 Å². The number of hydrogen-bond donors (Lipinski definition) is 2. The third kappa shape index (κ3) is 3.54. The highest BCUT2D eigenvalue weighted by molar-refractivity contribution is 7.91. The summed E-state index contributed by atoms with van der Waals surface area (Å²) >= 11 is 0. The average Bonchev–Trinajstić information content (AvgIpc) is 2.77. The molecular formula is C14H20N2O4S. The smallest absolute Gasteiger partial charge is 0.408 e. The van der Waals surface area contributed by atoms with Crippen molar-refractivity contribution in [1.82, 2.24) is 10.3 Å². The first-order valence-corrected chi connectivity index (χ1v) is 8.83. The minimum Gasteiger partial charge on any atom is -0.408 e. The molecule has 0 amide bonds. The molecule has 0 aliphatic rings. The standard InChI is InChI=1S/C14H20N2O4S/c1-4-7-15-13(9(2)21(3,18)19)10-5-6-11-12(8-10)20-14(17)16-11/h5-6,8-9,13,15H,4,7H2,1-3H3,(H,16,17). The van der Waals surface area contributed by atoms with Crippen LogP contribution in [0.25, 0.3) is 11.1 Å². The van der Waals surface area contributed by atoms with Gasteiger partial charge in [-0.2, -0.15) is 0 Å². The molecule has 2 aromatic rings. The summed E-state index contributed by atoms with van der Waals surface area (Å²) in [4.78, 5) is 13.8. The molecule has 2 atom stereocenters. The zero-order valence-corrected chi connectivity index (χ0v) is 13.2. The maximum Gasteiger partial charge on any atom is 0.417 e. The van der Waals surface area contributed by atoms with Crippen LogP contribution in [-0.2, 0) is 9.84 Å². The SMILES string of the molecule is CCCNC(c1ccc2[nH]c(=O)oc2c1)C(C)S(C)(=O)=O. The molecule has 0 radical (unpaired) electrons. The van der Waals surface area contributed by atoms with Crippen molar-refractivity contribution in [2.75, 3.05) is 12.8 Å². The van der Waals surface area contributed by atoms with Crippen LogP contribution in [0.1, 0.15) is 31.9 Å². The van der Waals surface area contributed by atoms with E-state index in [1.165, 1.54) is 6.26 Å². The highest BCUT2D eigenvalue weighted by Gasteiger charge is 2.27. The number of sulfone groups is 1. The Labute approximate surface area is 123 Å². The first-order chi connectivity index (χ1) is 9.82. The Kier molecular flexibility index (Phi) is 4.53. The number of rotatable bonds is 6. The highest BCUT2D eigenvalue weighted by atomic mass is 32.2. The maximum atomic E-state index is 11.9. The van der Waals surface area contributed by atoms with Gasteiger partial charge in [0.15, 0.2) is 15.4 Å². The molecule has 0 bridgehead atoms. The Morgan fingerprint density at radius 3 is 2.71 bits per heavy atom. The van der Waals surface area contributed by atoms with Crippen LogP contribution < -0.4 is 11.1 Å². The molecule has 1 aromatic heterocycles. The summed E-state index contributed by atoms with van der Waals surface area (Å²) in [7, 11) is -3.19. The minimum atomic E-state index is -3.19. The number of aromatic amines is 1. The van der Waals surface area contributed by atoms with E-state index in [0.717, 1.165) is 12.0 Å². The van der Waals surface area contributed by atoms with E-state index in [1.807, 2.05) is 13.0 Å². The second-order valence-electron chi connectivity index (χ2n) is 5.24. The molecule has 7 heteroatoms. The summed E-state index contributed by atoms with van der Waals surface area (Å²) in [5.74, 6) is -0.517. The normalized spacial score (nSPS) is 15.2. The number of benzene rings is 1. The maximum absolute atomic E-state index is 11.9. The third-order valence-corrected chi connectivity index (χ3v) is 5.19. The van der Waals surface area contributed by atoms with Gasteiger partial charge < -0.3 is 9.73 Å². The summed E-state index contributed by atoms with van der Waals surface area (Å²) in [6, 6.07) is 4.90. The quantitative estimate of drug-likeness (QED) is 0.845. The van der Waals surface area contributed by atoms with Crippen LogP contribution in [0.5, 0.6) is 0 Å². The van der Waals surface area contributed by atoms with E-state index in [0.29, 0.717) is 17.6 Å². The molecule has 0 spiro atoms. The predicted octanol–water partition coefficient (Wildman–Crippen LogP) is 1.59. The topological polar surface area (TPSA) is 92.2 Å². The Hall–Kier alpha value is -1.60. The van der Waals surface area contributed by atoms with Gasteiger partial charge in [-0.25, -0.2) is 13.2 Å². The number of oxazole rings is 1. The van der Waals surface area contributed by atoms with Crippen LogP contribution >= 0.6 is 0 Å². The third-order valence-electron chi connectivity index (χ3n) is 3.56. The van der Waals surface area contributed by atoms with E-state index in [-0.39, 0.29) is 6.04 Å². The van der Waals surface area contributed by atoms with Crippen molar-refractivity contribution in [3.63, 3.8) is 0 Å². The van der Waals surface area contributed by atoms with Crippen molar-refractivity contribution in [3.05, 3.63) is 34.3 Å². The Balaban J connectivity index is 2.44. The zero-order valence-electron chi connectivity index (χ0n) is 12.3.